The van der Waals surface area contributed by atoms with Gasteiger partial charge in [0.1, 0.15) is 0 Å². The summed E-state index contributed by atoms with van der Waals surface area (Å²) in [7, 11) is 1.79. The Kier molecular flexibility index (Phi) is 6.16. The minimum atomic E-state index is -0.0921. The molecule has 1 aliphatic heterocycles. The molecule has 0 spiro atoms. The average Bonchev–Trinajstić information content (AvgIpc) is 3.24. The first-order valence-electron chi connectivity index (χ1n) is 9.96. The zero-order valence-corrected chi connectivity index (χ0v) is 17.2. The second-order valence-corrected chi connectivity index (χ2v) is 7.58. The molecule has 0 saturated carbocycles. The van der Waals surface area contributed by atoms with Crippen molar-refractivity contribution in [3.8, 4) is 0 Å². The zero-order valence-electron chi connectivity index (χ0n) is 17.2. The van der Waals surface area contributed by atoms with Gasteiger partial charge >= 0.3 is 0 Å². The number of amides is 2. The third-order valence-corrected chi connectivity index (χ3v) is 5.64. The fourth-order valence-electron chi connectivity index (χ4n) is 3.82. The number of aryl methyl sites for hydroxylation is 3. The highest BCUT2D eigenvalue weighted by molar-refractivity contribution is 5.93. The summed E-state index contributed by atoms with van der Waals surface area (Å²) in [5.74, 6) is 0.473. The molecule has 1 fully saturated rings. The molecule has 3 heterocycles. The molecule has 1 N–H and O–H groups in total. The maximum Gasteiger partial charge on any atom is 0.254 e. The lowest BCUT2D eigenvalue weighted by atomic mass is 9.96. The van der Waals surface area contributed by atoms with Crippen LogP contribution in [-0.2, 0) is 24.8 Å². The molecule has 2 aromatic rings. The highest BCUT2D eigenvalue weighted by Crippen LogP contribution is 2.20. The first-order chi connectivity index (χ1) is 13.4. The molecule has 0 bridgehead atoms. The summed E-state index contributed by atoms with van der Waals surface area (Å²) in [5, 5.41) is 11.5. The van der Waals surface area contributed by atoms with E-state index >= 15 is 0 Å². The van der Waals surface area contributed by atoms with Crippen molar-refractivity contribution >= 4 is 11.8 Å². The number of rotatable bonds is 6. The van der Waals surface area contributed by atoms with Gasteiger partial charge in [0.2, 0.25) is 5.91 Å². The molecule has 3 rings (SSSR count). The van der Waals surface area contributed by atoms with Crippen LogP contribution in [0.2, 0.25) is 0 Å². The average molecular weight is 387 g/mol. The van der Waals surface area contributed by atoms with Crippen molar-refractivity contribution in [3.63, 3.8) is 0 Å². The minimum Gasteiger partial charge on any atom is -0.352 e. The van der Waals surface area contributed by atoms with E-state index in [2.05, 4.69) is 22.4 Å². The van der Waals surface area contributed by atoms with Gasteiger partial charge in [0.05, 0.1) is 23.9 Å². The molecule has 0 radical (unpaired) electrons. The Balaban J connectivity index is 1.46. The van der Waals surface area contributed by atoms with Crippen LogP contribution in [0, 0.1) is 19.8 Å². The summed E-state index contributed by atoms with van der Waals surface area (Å²) in [4.78, 5) is 26.8. The Hall–Kier alpha value is -2.64. The van der Waals surface area contributed by atoms with Crippen molar-refractivity contribution in [1.29, 1.82) is 0 Å². The molecule has 2 amide bonds. The van der Waals surface area contributed by atoms with E-state index in [1.807, 2.05) is 23.4 Å². The van der Waals surface area contributed by atoms with Gasteiger partial charge in [0.15, 0.2) is 0 Å². The van der Waals surface area contributed by atoms with Crippen molar-refractivity contribution in [2.24, 2.45) is 13.0 Å². The Labute approximate surface area is 165 Å². The second kappa shape index (κ2) is 8.58. The Morgan fingerprint density at radius 3 is 2.54 bits per heavy atom. The molecular formula is C20H30N6O2. The third kappa shape index (κ3) is 4.43. The van der Waals surface area contributed by atoms with Crippen molar-refractivity contribution in [2.75, 3.05) is 19.6 Å². The first-order valence-corrected chi connectivity index (χ1v) is 9.96. The summed E-state index contributed by atoms with van der Waals surface area (Å²) in [6.07, 6.45) is 5.51. The van der Waals surface area contributed by atoms with Crippen LogP contribution in [0.1, 0.15) is 47.1 Å². The van der Waals surface area contributed by atoms with Crippen LogP contribution in [0.25, 0.3) is 0 Å². The van der Waals surface area contributed by atoms with Crippen molar-refractivity contribution < 1.29 is 9.59 Å². The smallest absolute Gasteiger partial charge is 0.254 e. The number of carbonyl (C=O) groups is 2. The van der Waals surface area contributed by atoms with E-state index in [1.54, 1.807) is 24.1 Å². The molecule has 1 aliphatic rings. The maximum atomic E-state index is 12.7. The standard InChI is InChI=1S/C20H30N6O2/c1-5-26-15(3)18(14(2)23-26)10-19(27)25-8-6-16(7-9-25)11-21-20(28)17-12-22-24(4)13-17/h12-13,16H,5-11H2,1-4H3,(H,21,28). The molecule has 0 atom stereocenters. The molecule has 28 heavy (non-hydrogen) atoms. The van der Waals surface area contributed by atoms with E-state index < -0.39 is 0 Å². The number of hydrogen-bond acceptors (Lipinski definition) is 4. The summed E-state index contributed by atoms with van der Waals surface area (Å²) >= 11 is 0. The van der Waals surface area contributed by atoms with Gasteiger partial charge in [-0.1, -0.05) is 0 Å². The highest BCUT2D eigenvalue weighted by atomic mass is 16.2. The van der Waals surface area contributed by atoms with E-state index in [9.17, 15) is 9.59 Å². The molecule has 1 saturated heterocycles. The van der Waals surface area contributed by atoms with Gasteiger partial charge in [-0.25, -0.2) is 0 Å². The van der Waals surface area contributed by atoms with Crippen LogP contribution in [0.5, 0.6) is 0 Å². The number of likely N-dealkylation sites (tertiary alicyclic amines) is 1. The molecule has 0 aliphatic carbocycles. The number of aromatic nitrogens is 4. The number of piperidine rings is 1. The van der Waals surface area contributed by atoms with Crippen molar-refractivity contribution in [2.45, 2.75) is 46.6 Å². The van der Waals surface area contributed by atoms with Gasteiger partial charge in [-0.05, 0) is 39.5 Å². The minimum absolute atomic E-state index is 0.0921. The third-order valence-electron chi connectivity index (χ3n) is 5.64. The highest BCUT2D eigenvalue weighted by Gasteiger charge is 2.25. The summed E-state index contributed by atoms with van der Waals surface area (Å²) in [6, 6.07) is 0. The summed E-state index contributed by atoms with van der Waals surface area (Å²) < 4.78 is 3.57. The van der Waals surface area contributed by atoms with Crippen LogP contribution in [0.4, 0.5) is 0 Å². The largest absolute Gasteiger partial charge is 0.352 e. The topological polar surface area (TPSA) is 85.1 Å². The predicted octanol–water partition coefficient (Wildman–Crippen LogP) is 1.46. The van der Waals surface area contributed by atoms with Gasteiger partial charge < -0.3 is 10.2 Å². The number of nitrogens with one attached hydrogen (secondary N) is 1. The summed E-state index contributed by atoms with van der Waals surface area (Å²) in [6.45, 7) is 9.00. The van der Waals surface area contributed by atoms with E-state index in [0.29, 0.717) is 24.4 Å². The van der Waals surface area contributed by atoms with Gasteiger partial charge in [-0.2, -0.15) is 10.2 Å². The fourth-order valence-corrected chi connectivity index (χ4v) is 3.82. The number of hydrogen-bond donors (Lipinski definition) is 1. The van der Waals surface area contributed by atoms with Crippen LogP contribution in [0.3, 0.4) is 0 Å². The SMILES string of the molecule is CCn1nc(C)c(CC(=O)N2CCC(CNC(=O)c3cnn(C)c3)CC2)c1C. The van der Waals surface area contributed by atoms with Gasteiger partial charge in [0, 0.05) is 50.7 Å². The lowest BCUT2D eigenvalue weighted by Gasteiger charge is -2.32. The number of carbonyl (C=O) groups excluding carboxylic acids is 2. The molecule has 0 unspecified atom stereocenters. The van der Waals surface area contributed by atoms with Crippen LogP contribution in [0.15, 0.2) is 12.4 Å². The van der Waals surface area contributed by atoms with Gasteiger partial charge in [-0.3, -0.25) is 19.0 Å². The maximum absolute atomic E-state index is 12.7. The predicted molar refractivity (Wildman–Crippen MR) is 106 cm³/mol. The first kappa shape index (κ1) is 20.1. The lowest BCUT2D eigenvalue weighted by Crippen LogP contribution is -2.42. The Morgan fingerprint density at radius 1 is 1.25 bits per heavy atom. The van der Waals surface area contributed by atoms with Crippen LogP contribution < -0.4 is 5.32 Å². The van der Waals surface area contributed by atoms with Crippen molar-refractivity contribution in [3.05, 3.63) is 34.9 Å². The van der Waals surface area contributed by atoms with Crippen LogP contribution >= 0.6 is 0 Å². The zero-order chi connectivity index (χ0) is 20.3. The normalized spacial score (nSPS) is 15.1. The summed E-state index contributed by atoms with van der Waals surface area (Å²) in [5.41, 5.74) is 3.66. The van der Waals surface area contributed by atoms with E-state index in [0.717, 1.165) is 49.4 Å². The van der Waals surface area contributed by atoms with Gasteiger partial charge in [0.25, 0.3) is 5.91 Å². The second-order valence-electron chi connectivity index (χ2n) is 7.58. The van der Waals surface area contributed by atoms with E-state index in [4.69, 9.17) is 0 Å². The lowest BCUT2D eigenvalue weighted by molar-refractivity contribution is -0.131. The molecule has 0 aromatic carbocycles. The molecular weight excluding hydrogens is 356 g/mol. The van der Waals surface area contributed by atoms with E-state index in [-0.39, 0.29) is 11.8 Å². The molecule has 152 valence electrons. The van der Waals surface area contributed by atoms with Crippen LogP contribution in [-0.4, -0.2) is 55.9 Å². The Bertz CT molecular complexity index is 845. The molecule has 8 nitrogen and oxygen atoms in total. The Morgan fingerprint density at radius 2 is 1.96 bits per heavy atom. The fraction of sp³-hybridized carbons (Fsp3) is 0.600. The quantitative estimate of drug-likeness (QED) is 0.815. The molecule has 2 aromatic heterocycles. The monoisotopic (exact) mass is 386 g/mol. The van der Waals surface area contributed by atoms with E-state index in [1.165, 1.54) is 0 Å². The molecule has 8 heteroatoms. The van der Waals surface area contributed by atoms with Crippen molar-refractivity contribution in [1.82, 2.24) is 29.8 Å². The number of nitrogens with zero attached hydrogens (tertiary/aromatic N) is 5. The van der Waals surface area contributed by atoms with Gasteiger partial charge in [-0.15, -0.1) is 0 Å².